The lowest BCUT2D eigenvalue weighted by molar-refractivity contribution is -0.117. The number of halogens is 1. The summed E-state index contributed by atoms with van der Waals surface area (Å²) in [6, 6.07) is 4.50. The van der Waals surface area contributed by atoms with E-state index in [0.717, 1.165) is 33.9 Å². The maximum Gasteiger partial charge on any atom is 0.204 e. The standard InChI is InChI=1S/C21H25FN2O2S/c1-5-20-12-24-21(26-20)13-27-16(4)11-23-15(3)9-19(25)10-17-6-7-18(22)8-14(17)2/h6-8,11-12H,5,9-10,13H2,1-4H3/b16-11+,23-15?. The van der Waals surface area contributed by atoms with Crippen LogP contribution in [0.5, 0.6) is 0 Å². The summed E-state index contributed by atoms with van der Waals surface area (Å²) in [7, 11) is 0. The minimum absolute atomic E-state index is 0.0662. The van der Waals surface area contributed by atoms with Crippen molar-refractivity contribution in [1.29, 1.82) is 0 Å². The first-order chi connectivity index (χ1) is 12.9. The fourth-order valence-corrected chi connectivity index (χ4v) is 3.07. The van der Waals surface area contributed by atoms with Gasteiger partial charge in [0.05, 0.1) is 11.9 Å². The van der Waals surface area contributed by atoms with Crippen LogP contribution in [0.1, 0.15) is 50.0 Å². The summed E-state index contributed by atoms with van der Waals surface area (Å²) in [5, 5.41) is 0. The SMILES string of the molecule is CCc1cnc(CS/C(C)=C/N=C(C)CC(=O)Cc2ccc(F)cc2C)o1. The molecule has 2 aromatic rings. The number of benzene rings is 1. The number of carbonyl (C=O) groups is 1. The quantitative estimate of drug-likeness (QED) is 0.537. The van der Waals surface area contributed by atoms with Crippen LogP contribution < -0.4 is 0 Å². The van der Waals surface area contributed by atoms with E-state index in [1.54, 1.807) is 30.2 Å². The molecule has 27 heavy (non-hydrogen) atoms. The van der Waals surface area contributed by atoms with Gasteiger partial charge in [-0.15, -0.1) is 11.8 Å². The summed E-state index contributed by atoms with van der Waals surface area (Å²) in [6.45, 7) is 7.65. The van der Waals surface area contributed by atoms with E-state index >= 15 is 0 Å². The third-order valence-corrected chi connectivity index (χ3v) is 4.94. The number of hydrogen-bond acceptors (Lipinski definition) is 5. The van der Waals surface area contributed by atoms with Crippen molar-refractivity contribution in [2.75, 3.05) is 0 Å². The molecule has 1 aromatic carbocycles. The summed E-state index contributed by atoms with van der Waals surface area (Å²) in [5.41, 5.74) is 2.40. The molecule has 0 unspecified atom stereocenters. The number of aliphatic imine (C=N–C) groups is 1. The van der Waals surface area contributed by atoms with Crippen molar-refractivity contribution in [3.63, 3.8) is 0 Å². The molecule has 0 radical (unpaired) electrons. The van der Waals surface area contributed by atoms with Crippen LogP contribution >= 0.6 is 11.8 Å². The van der Waals surface area contributed by atoms with E-state index < -0.39 is 0 Å². The lowest BCUT2D eigenvalue weighted by Gasteiger charge is -2.05. The molecule has 6 heteroatoms. The summed E-state index contributed by atoms with van der Waals surface area (Å²) in [5.74, 6) is 2.03. The number of carbonyl (C=O) groups excluding carboxylic acids is 1. The molecule has 144 valence electrons. The summed E-state index contributed by atoms with van der Waals surface area (Å²) < 4.78 is 18.7. The molecule has 0 amide bonds. The van der Waals surface area contributed by atoms with Gasteiger partial charge in [-0.25, -0.2) is 9.37 Å². The van der Waals surface area contributed by atoms with E-state index in [2.05, 4.69) is 9.98 Å². The Morgan fingerprint density at radius 2 is 2.15 bits per heavy atom. The zero-order valence-corrected chi connectivity index (χ0v) is 17.0. The van der Waals surface area contributed by atoms with Gasteiger partial charge in [0.1, 0.15) is 17.4 Å². The van der Waals surface area contributed by atoms with Crippen LogP contribution in [-0.2, 0) is 23.4 Å². The van der Waals surface area contributed by atoms with Crippen LogP contribution in [0.2, 0.25) is 0 Å². The van der Waals surface area contributed by atoms with Gasteiger partial charge >= 0.3 is 0 Å². The molecule has 0 fully saturated rings. The first kappa shape index (κ1) is 21.1. The van der Waals surface area contributed by atoms with E-state index in [-0.39, 0.29) is 18.0 Å². The van der Waals surface area contributed by atoms with E-state index in [0.29, 0.717) is 18.1 Å². The smallest absolute Gasteiger partial charge is 0.204 e. The lowest BCUT2D eigenvalue weighted by Crippen LogP contribution is -2.08. The van der Waals surface area contributed by atoms with Crippen molar-refractivity contribution in [2.24, 2.45) is 4.99 Å². The number of hydrogen-bond donors (Lipinski definition) is 0. The average molecular weight is 389 g/mol. The number of aryl methyl sites for hydroxylation is 2. The largest absolute Gasteiger partial charge is 0.445 e. The Morgan fingerprint density at radius 1 is 1.37 bits per heavy atom. The van der Waals surface area contributed by atoms with Gasteiger partial charge in [-0.1, -0.05) is 13.0 Å². The zero-order valence-electron chi connectivity index (χ0n) is 16.2. The molecule has 2 rings (SSSR count). The van der Waals surface area contributed by atoms with Gasteiger partial charge in [0.2, 0.25) is 5.89 Å². The second-order valence-corrected chi connectivity index (χ2v) is 7.65. The molecule has 1 aromatic heterocycles. The van der Waals surface area contributed by atoms with Crippen molar-refractivity contribution < 1.29 is 13.6 Å². The molecule has 4 nitrogen and oxygen atoms in total. The molecule has 0 aliphatic carbocycles. The highest BCUT2D eigenvalue weighted by atomic mass is 32.2. The number of thioether (sulfide) groups is 1. The lowest BCUT2D eigenvalue weighted by atomic mass is 10.0. The van der Waals surface area contributed by atoms with Crippen LogP contribution in [0, 0.1) is 12.7 Å². The number of aromatic nitrogens is 1. The molecule has 0 atom stereocenters. The Bertz CT molecular complexity index is 856. The molecule has 0 saturated carbocycles. The highest BCUT2D eigenvalue weighted by molar-refractivity contribution is 8.02. The molecule has 0 aliphatic rings. The normalized spacial score (nSPS) is 12.5. The molecule has 1 heterocycles. The van der Waals surface area contributed by atoms with Crippen molar-refractivity contribution in [3.8, 4) is 0 Å². The molecule has 0 bridgehead atoms. The second kappa shape index (κ2) is 10.2. The third kappa shape index (κ3) is 7.13. The maximum atomic E-state index is 13.1. The van der Waals surface area contributed by atoms with Gasteiger partial charge in [-0.3, -0.25) is 9.79 Å². The van der Waals surface area contributed by atoms with Crippen LogP contribution in [0.3, 0.4) is 0 Å². The number of Topliss-reactive ketones (excluding diaryl/α,β-unsaturated/α-hetero) is 1. The minimum atomic E-state index is -0.282. The van der Waals surface area contributed by atoms with Crippen LogP contribution in [-0.4, -0.2) is 16.5 Å². The number of nitrogens with zero attached hydrogens (tertiary/aromatic N) is 2. The third-order valence-electron chi connectivity index (χ3n) is 3.99. The first-order valence-corrected chi connectivity index (χ1v) is 9.89. The fraction of sp³-hybridized carbons (Fsp3) is 0.381. The van der Waals surface area contributed by atoms with E-state index in [4.69, 9.17) is 4.42 Å². The van der Waals surface area contributed by atoms with Gasteiger partial charge in [-0.05, 0) is 44.0 Å². The molecule has 0 aliphatic heterocycles. The van der Waals surface area contributed by atoms with E-state index in [9.17, 15) is 9.18 Å². The van der Waals surface area contributed by atoms with E-state index in [1.807, 2.05) is 27.7 Å². The minimum Gasteiger partial charge on any atom is -0.445 e. The summed E-state index contributed by atoms with van der Waals surface area (Å²) in [4.78, 5) is 21.9. The van der Waals surface area contributed by atoms with E-state index in [1.165, 1.54) is 12.1 Å². The molecule has 0 saturated heterocycles. The summed E-state index contributed by atoms with van der Waals surface area (Å²) >= 11 is 1.60. The Kier molecular flexibility index (Phi) is 7.98. The maximum absolute atomic E-state index is 13.1. The van der Waals surface area contributed by atoms with Crippen LogP contribution in [0.4, 0.5) is 4.39 Å². The van der Waals surface area contributed by atoms with Gasteiger partial charge < -0.3 is 4.42 Å². The predicted molar refractivity (Wildman–Crippen MR) is 109 cm³/mol. The highest BCUT2D eigenvalue weighted by Gasteiger charge is 2.08. The Balaban J connectivity index is 1.84. The topological polar surface area (TPSA) is 55.5 Å². The van der Waals surface area contributed by atoms with Gasteiger partial charge in [0, 0.05) is 36.1 Å². The molecular formula is C21H25FN2O2S. The Labute approximate surface area is 164 Å². The highest BCUT2D eigenvalue weighted by Crippen LogP contribution is 2.21. The average Bonchev–Trinajstić information content (AvgIpc) is 3.08. The van der Waals surface area contributed by atoms with Gasteiger partial charge in [-0.2, -0.15) is 0 Å². The number of rotatable bonds is 9. The Morgan fingerprint density at radius 3 is 2.81 bits per heavy atom. The predicted octanol–water partition coefficient (Wildman–Crippen LogP) is 5.44. The van der Waals surface area contributed by atoms with Crippen LogP contribution in [0.15, 0.2) is 44.9 Å². The summed E-state index contributed by atoms with van der Waals surface area (Å²) in [6.07, 6.45) is 4.93. The van der Waals surface area contributed by atoms with Crippen LogP contribution in [0.25, 0.3) is 0 Å². The number of oxazole rings is 1. The zero-order chi connectivity index (χ0) is 19.8. The molecular weight excluding hydrogens is 363 g/mol. The monoisotopic (exact) mass is 388 g/mol. The molecule has 0 N–H and O–H groups in total. The van der Waals surface area contributed by atoms with Crippen molar-refractivity contribution >= 4 is 23.3 Å². The van der Waals surface area contributed by atoms with Crippen molar-refractivity contribution in [3.05, 3.63) is 64.1 Å². The second-order valence-electron chi connectivity index (χ2n) is 6.43. The number of ketones is 1. The van der Waals surface area contributed by atoms with Gasteiger partial charge in [0.25, 0.3) is 0 Å². The first-order valence-electron chi connectivity index (χ1n) is 8.90. The van der Waals surface area contributed by atoms with Crippen molar-refractivity contribution in [1.82, 2.24) is 4.98 Å². The molecule has 0 spiro atoms. The fourth-order valence-electron chi connectivity index (χ4n) is 2.46. The Hall–Kier alpha value is -2.21. The van der Waals surface area contributed by atoms with Crippen molar-refractivity contribution in [2.45, 2.75) is 52.7 Å². The number of allylic oxidation sites excluding steroid dienone is 1. The van der Waals surface area contributed by atoms with Gasteiger partial charge in [0.15, 0.2) is 0 Å².